The zero-order chi connectivity index (χ0) is 19.6. The van der Waals surface area contributed by atoms with Crippen molar-refractivity contribution in [3.63, 3.8) is 0 Å². The van der Waals surface area contributed by atoms with E-state index in [-0.39, 0.29) is 11.7 Å². The zero-order valence-corrected chi connectivity index (χ0v) is 16.9. The van der Waals surface area contributed by atoms with Crippen LogP contribution >= 0.6 is 0 Å². The van der Waals surface area contributed by atoms with Crippen molar-refractivity contribution in [1.82, 2.24) is 10.3 Å². The molecule has 0 bridgehead atoms. The summed E-state index contributed by atoms with van der Waals surface area (Å²) in [7, 11) is 0. The van der Waals surface area contributed by atoms with E-state index in [1.165, 1.54) is 31.7 Å². The van der Waals surface area contributed by atoms with Gasteiger partial charge in [-0.05, 0) is 77.4 Å². The summed E-state index contributed by atoms with van der Waals surface area (Å²) in [6, 6.07) is 3.43. The quantitative estimate of drug-likeness (QED) is 0.593. The largest absolute Gasteiger partial charge is 0.379 e. The molecule has 3 rings (SSSR count). The number of aryl methyl sites for hydroxylation is 1. The third-order valence-electron chi connectivity index (χ3n) is 5.26. The van der Waals surface area contributed by atoms with E-state index < -0.39 is 4.92 Å². The monoisotopic (exact) mass is 378 g/mol. The molecular formula is C20H34N4O3. The average Bonchev–Trinajstić information content (AvgIpc) is 2.65. The summed E-state index contributed by atoms with van der Waals surface area (Å²) in [6.45, 7) is 9.02. The van der Waals surface area contributed by atoms with Crippen LogP contribution in [-0.4, -0.2) is 41.7 Å². The Morgan fingerprint density at radius 1 is 1.22 bits per heavy atom. The molecule has 0 unspecified atom stereocenters. The predicted octanol–water partition coefficient (Wildman–Crippen LogP) is 4.06. The lowest BCUT2D eigenvalue weighted by Gasteiger charge is -2.25. The van der Waals surface area contributed by atoms with Gasteiger partial charge in [-0.25, -0.2) is 4.98 Å². The van der Waals surface area contributed by atoms with Crippen molar-refractivity contribution >= 4 is 11.5 Å². The standard InChI is InChI=1S/C11H16N4O2.C9H18O/c1-8-2-3-10(15(16)17)11(13-8)14-9-4-6-12-7-5-9;1-3-10-9-6-4-8(2)5-7-9/h2-3,9,12H,4-7H2,1H3,(H,13,14);8-9H,3-7H2,1-2H3. The van der Waals surface area contributed by atoms with Gasteiger partial charge in [-0.2, -0.15) is 0 Å². The highest BCUT2D eigenvalue weighted by Crippen LogP contribution is 2.25. The minimum atomic E-state index is -0.393. The second-order valence-electron chi connectivity index (χ2n) is 7.58. The van der Waals surface area contributed by atoms with Crippen LogP contribution in [0.5, 0.6) is 0 Å². The second-order valence-corrected chi connectivity index (χ2v) is 7.58. The van der Waals surface area contributed by atoms with Gasteiger partial charge in [-0.3, -0.25) is 10.1 Å². The number of rotatable bonds is 5. The summed E-state index contributed by atoms with van der Waals surface area (Å²) >= 11 is 0. The van der Waals surface area contributed by atoms with E-state index in [1.54, 1.807) is 6.07 Å². The molecule has 1 aromatic heterocycles. The number of nitrogens with one attached hydrogen (secondary N) is 2. The summed E-state index contributed by atoms with van der Waals surface area (Å²) in [5.41, 5.74) is 0.834. The second kappa shape index (κ2) is 11.2. The molecule has 2 heterocycles. The Balaban J connectivity index is 0.000000223. The minimum absolute atomic E-state index is 0.0501. The van der Waals surface area contributed by atoms with Crippen LogP contribution in [0, 0.1) is 23.0 Å². The van der Waals surface area contributed by atoms with Gasteiger partial charge in [0.25, 0.3) is 0 Å². The average molecular weight is 379 g/mol. The fourth-order valence-electron chi connectivity index (χ4n) is 3.59. The van der Waals surface area contributed by atoms with Crippen molar-refractivity contribution in [2.45, 2.75) is 71.4 Å². The van der Waals surface area contributed by atoms with Gasteiger partial charge in [-0.15, -0.1) is 0 Å². The van der Waals surface area contributed by atoms with Gasteiger partial charge in [0.05, 0.1) is 11.0 Å². The number of piperidine rings is 1. The number of hydrogen-bond donors (Lipinski definition) is 2. The molecule has 7 heteroatoms. The van der Waals surface area contributed by atoms with Crippen LogP contribution in [0.1, 0.15) is 58.1 Å². The Morgan fingerprint density at radius 3 is 2.48 bits per heavy atom. The van der Waals surface area contributed by atoms with Crippen molar-refractivity contribution in [2.24, 2.45) is 5.92 Å². The maximum absolute atomic E-state index is 10.9. The van der Waals surface area contributed by atoms with E-state index in [1.807, 2.05) is 6.92 Å². The number of anilines is 1. The number of nitro groups is 1. The van der Waals surface area contributed by atoms with Crippen molar-refractivity contribution < 1.29 is 9.66 Å². The lowest BCUT2D eigenvalue weighted by molar-refractivity contribution is -0.384. The zero-order valence-electron chi connectivity index (χ0n) is 16.9. The van der Waals surface area contributed by atoms with Crippen LogP contribution in [0.4, 0.5) is 11.5 Å². The van der Waals surface area contributed by atoms with Gasteiger partial charge in [0, 0.05) is 24.4 Å². The SMILES string of the molecule is CCOC1CCC(C)CC1.Cc1ccc([N+](=O)[O-])c(NC2CCNCC2)n1. The highest BCUT2D eigenvalue weighted by Gasteiger charge is 2.20. The maximum Gasteiger partial charge on any atom is 0.311 e. The minimum Gasteiger partial charge on any atom is -0.379 e. The summed E-state index contributed by atoms with van der Waals surface area (Å²) < 4.78 is 5.53. The normalized spacial score (nSPS) is 23.2. The summed E-state index contributed by atoms with van der Waals surface area (Å²) in [4.78, 5) is 14.7. The Kier molecular flexibility index (Phi) is 8.94. The highest BCUT2D eigenvalue weighted by molar-refractivity contribution is 5.56. The smallest absolute Gasteiger partial charge is 0.311 e. The van der Waals surface area contributed by atoms with Gasteiger partial charge in [0.15, 0.2) is 0 Å². The number of nitrogens with zero attached hydrogens (tertiary/aromatic N) is 2. The van der Waals surface area contributed by atoms with Gasteiger partial charge in [0.2, 0.25) is 5.82 Å². The molecule has 0 aromatic carbocycles. The van der Waals surface area contributed by atoms with E-state index in [0.717, 1.165) is 44.1 Å². The highest BCUT2D eigenvalue weighted by atomic mass is 16.6. The van der Waals surface area contributed by atoms with Crippen molar-refractivity contribution in [3.8, 4) is 0 Å². The van der Waals surface area contributed by atoms with Gasteiger partial charge in [0.1, 0.15) is 0 Å². The first-order chi connectivity index (χ1) is 13.0. The van der Waals surface area contributed by atoms with E-state index in [9.17, 15) is 10.1 Å². The van der Waals surface area contributed by atoms with E-state index >= 15 is 0 Å². The molecule has 1 aliphatic heterocycles. The summed E-state index contributed by atoms with van der Waals surface area (Å²) in [5, 5.41) is 17.3. The first-order valence-corrected chi connectivity index (χ1v) is 10.2. The lowest BCUT2D eigenvalue weighted by atomic mass is 9.89. The molecule has 27 heavy (non-hydrogen) atoms. The lowest BCUT2D eigenvalue weighted by Crippen LogP contribution is -2.35. The summed E-state index contributed by atoms with van der Waals surface area (Å²) in [5.74, 6) is 1.33. The van der Waals surface area contributed by atoms with Gasteiger partial charge < -0.3 is 15.4 Å². The fraction of sp³-hybridized carbons (Fsp3) is 0.750. The predicted molar refractivity (Wildman–Crippen MR) is 108 cm³/mol. The third-order valence-corrected chi connectivity index (χ3v) is 5.26. The first-order valence-electron chi connectivity index (χ1n) is 10.2. The molecule has 1 saturated carbocycles. The van der Waals surface area contributed by atoms with E-state index in [2.05, 4.69) is 29.5 Å². The summed E-state index contributed by atoms with van der Waals surface area (Å²) in [6.07, 6.45) is 7.82. The van der Waals surface area contributed by atoms with Crippen LogP contribution in [0.15, 0.2) is 12.1 Å². The Morgan fingerprint density at radius 2 is 1.89 bits per heavy atom. The fourth-order valence-corrected chi connectivity index (χ4v) is 3.59. The number of aromatic nitrogens is 1. The van der Waals surface area contributed by atoms with E-state index in [0.29, 0.717) is 11.9 Å². The molecule has 1 aliphatic carbocycles. The maximum atomic E-state index is 10.9. The molecule has 0 atom stereocenters. The topological polar surface area (TPSA) is 89.3 Å². The van der Waals surface area contributed by atoms with Crippen molar-refractivity contribution in [1.29, 1.82) is 0 Å². The number of ether oxygens (including phenoxy) is 1. The number of pyridine rings is 1. The molecule has 152 valence electrons. The van der Waals surface area contributed by atoms with Crippen LogP contribution in [0.3, 0.4) is 0 Å². The van der Waals surface area contributed by atoms with Crippen LogP contribution in [0.25, 0.3) is 0 Å². The molecule has 2 fully saturated rings. The van der Waals surface area contributed by atoms with Crippen LogP contribution in [-0.2, 0) is 4.74 Å². The Hall–Kier alpha value is -1.73. The molecule has 2 N–H and O–H groups in total. The molecule has 2 aliphatic rings. The van der Waals surface area contributed by atoms with Gasteiger partial charge >= 0.3 is 5.69 Å². The molecule has 1 aromatic rings. The molecule has 0 spiro atoms. The van der Waals surface area contributed by atoms with Crippen LogP contribution in [0.2, 0.25) is 0 Å². The van der Waals surface area contributed by atoms with Crippen molar-refractivity contribution in [2.75, 3.05) is 25.0 Å². The molecule has 7 nitrogen and oxygen atoms in total. The third kappa shape index (κ3) is 7.42. The van der Waals surface area contributed by atoms with E-state index in [4.69, 9.17) is 4.74 Å². The van der Waals surface area contributed by atoms with Crippen molar-refractivity contribution in [3.05, 3.63) is 27.9 Å². The first kappa shape index (κ1) is 21.6. The molecular weight excluding hydrogens is 344 g/mol. The van der Waals surface area contributed by atoms with Gasteiger partial charge in [-0.1, -0.05) is 6.92 Å². The molecule has 0 radical (unpaired) electrons. The Bertz CT molecular complexity index is 583. The molecule has 1 saturated heterocycles. The molecule has 0 amide bonds. The number of hydrogen-bond acceptors (Lipinski definition) is 6. The van der Waals surface area contributed by atoms with Crippen LogP contribution < -0.4 is 10.6 Å². The Labute approximate surface area is 162 Å².